The molecule has 1 aliphatic rings. The molecule has 2 rings (SSSR count). The van der Waals surface area contributed by atoms with Gasteiger partial charge in [0, 0.05) is 11.4 Å². The first-order chi connectivity index (χ1) is 8.87. The van der Waals surface area contributed by atoms with Crippen molar-refractivity contribution in [2.24, 2.45) is 0 Å². The van der Waals surface area contributed by atoms with Gasteiger partial charge in [0.25, 0.3) is 5.92 Å². The fourth-order valence-corrected chi connectivity index (χ4v) is 2.27. The summed E-state index contributed by atoms with van der Waals surface area (Å²) in [7, 11) is 0. The molecule has 112 valence electrons. The first-order valence-corrected chi connectivity index (χ1v) is 6.42. The molecule has 3 nitrogen and oxygen atoms in total. The summed E-state index contributed by atoms with van der Waals surface area (Å²) in [6.07, 6.45) is -0.457. The lowest BCUT2D eigenvalue weighted by molar-refractivity contribution is -0.124. The molecular weight excluding hydrogens is 309 g/mol. The van der Waals surface area contributed by atoms with Crippen LogP contribution in [0.4, 0.5) is 8.78 Å². The van der Waals surface area contributed by atoms with Crippen LogP contribution in [0.1, 0.15) is 24.9 Å². The summed E-state index contributed by atoms with van der Waals surface area (Å²) in [6, 6.07) is 5.97. The number of alkyl halides is 2. The molecule has 2 atom stereocenters. The van der Waals surface area contributed by atoms with Crippen LogP contribution in [0.2, 0.25) is 5.02 Å². The summed E-state index contributed by atoms with van der Waals surface area (Å²) >= 11 is 5.87. The van der Waals surface area contributed by atoms with E-state index in [4.69, 9.17) is 11.6 Å². The van der Waals surface area contributed by atoms with Gasteiger partial charge in [-0.05, 0) is 24.6 Å². The predicted octanol–water partition coefficient (Wildman–Crippen LogP) is 2.94. The first kappa shape index (κ1) is 17.1. The van der Waals surface area contributed by atoms with E-state index in [0.717, 1.165) is 5.56 Å². The second-order valence-electron chi connectivity index (χ2n) is 4.78. The highest BCUT2D eigenvalue weighted by molar-refractivity contribution is 6.30. The van der Waals surface area contributed by atoms with Crippen LogP contribution in [0.5, 0.6) is 0 Å². The number of rotatable bonds is 3. The Labute approximate surface area is 127 Å². The minimum absolute atomic E-state index is 0. The molecule has 0 aromatic heterocycles. The van der Waals surface area contributed by atoms with Crippen LogP contribution < -0.4 is 10.6 Å². The van der Waals surface area contributed by atoms with E-state index < -0.39 is 30.8 Å². The van der Waals surface area contributed by atoms with E-state index in [-0.39, 0.29) is 18.4 Å². The van der Waals surface area contributed by atoms with Crippen molar-refractivity contribution in [3.63, 3.8) is 0 Å². The third-order valence-electron chi connectivity index (χ3n) is 3.13. The second-order valence-corrected chi connectivity index (χ2v) is 5.22. The van der Waals surface area contributed by atoms with Crippen LogP contribution in [0.15, 0.2) is 24.3 Å². The molecule has 1 heterocycles. The summed E-state index contributed by atoms with van der Waals surface area (Å²) < 4.78 is 26.0. The molecule has 1 saturated heterocycles. The van der Waals surface area contributed by atoms with E-state index in [9.17, 15) is 13.6 Å². The lowest BCUT2D eigenvalue weighted by atomic mass is 10.1. The van der Waals surface area contributed by atoms with Crippen LogP contribution in [0.25, 0.3) is 0 Å². The molecule has 2 unspecified atom stereocenters. The Balaban J connectivity index is 0.00000200. The van der Waals surface area contributed by atoms with E-state index in [0.29, 0.717) is 5.02 Å². The molecule has 7 heteroatoms. The predicted molar refractivity (Wildman–Crippen MR) is 76.6 cm³/mol. The molecular formula is C13H16Cl2F2N2O. The quantitative estimate of drug-likeness (QED) is 0.897. The molecule has 1 aliphatic heterocycles. The first-order valence-electron chi connectivity index (χ1n) is 6.04. The maximum absolute atomic E-state index is 13.0. The SMILES string of the molecule is CC(NC(=O)C1CC(F)(F)CN1)c1cccc(Cl)c1.Cl. The largest absolute Gasteiger partial charge is 0.348 e. The Morgan fingerprint density at radius 1 is 1.55 bits per heavy atom. The fraction of sp³-hybridized carbons (Fsp3) is 0.462. The van der Waals surface area contributed by atoms with Crippen molar-refractivity contribution in [1.82, 2.24) is 10.6 Å². The van der Waals surface area contributed by atoms with Crippen LogP contribution in [-0.2, 0) is 4.79 Å². The van der Waals surface area contributed by atoms with Crippen molar-refractivity contribution in [3.8, 4) is 0 Å². The van der Waals surface area contributed by atoms with Gasteiger partial charge in [0.1, 0.15) is 0 Å². The Hall–Kier alpha value is -0.910. The summed E-state index contributed by atoms with van der Waals surface area (Å²) in [4.78, 5) is 11.9. The Kier molecular flexibility index (Phi) is 5.74. The molecule has 0 bridgehead atoms. The van der Waals surface area contributed by atoms with Gasteiger partial charge in [-0.2, -0.15) is 0 Å². The number of hydrogen-bond donors (Lipinski definition) is 2. The van der Waals surface area contributed by atoms with Gasteiger partial charge in [0.2, 0.25) is 5.91 Å². The summed E-state index contributed by atoms with van der Waals surface area (Å²) in [5.74, 6) is -3.22. The topological polar surface area (TPSA) is 41.1 Å². The van der Waals surface area contributed by atoms with E-state index in [1.54, 1.807) is 25.1 Å². The number of hydrogen-bond acceptors (Lipinski definition) is 2. The van der Waals surface area contributed by atoms with E-state index in [2.05, 4.69) is 10.6 Å². The van der Waals surface area contributed by atoms with Crippen LogP contribution in [-0.4, -0.2) is 24.4 Å². The molecule has 0 saturated carbocycles. The minimum Gasteiger partial charge on any atom is -0.348 e. The molecule has 20 heavy (non-hydrogen) atoms. The normalized spacial score (nSPS) is 21.9. The third-order valence-corrected chi connectivity index (χ3v) is 3.37. The van der Waals surface area contributed by atoms with E-state index in [1.165, 1.54) is 0 Å². The highest BCUT2D eigenvalue weighted by atomic mass is 35.5. The zero-order valence-corrected chi connectivity index (χ0v) is 12.4. The molecule has 0 aliphatic carbocycles. The zero-order chi connectivity index (χ0) is 14.0. The molecule has 1 amide bonds. The van der Waals surface area contributed by atoms with Gasteiger partial charge < -0.3 is 5.32 Å². The van der Waals surface area contributed by atoms with Gasteiger partial charge in [-0.1, -0.05) is 23.7 Å². The van der Waals surface area contributed by atoms with Crippen LogP contribution in [0, 0.1) is 0 Å². The lowest BCUT2D eigenvalue weighted by Crippen LogP contribution is -2.41. The number of amides is 1. The maximum atomic E-state index is 13.0. The number of carbonyl (C=O) groups is 1. The van der Waals surface area contributed by atoms with Crippen molar-refractivity contribution in [1.29, 1.82) is 0 Å². The van der Waals surface area contributed by atoms with Gasteiger partial charge in [0.05, 0.1) is 18.6 Å². The van der Waals surface area contributed by atoms with E-state index >= 15 is 0 Å². The summed E-state index contributed by atoms with van der Waals surface area (Å²) in [5, 5.41) is 5.81. The summed E-state index contributed by atoms with van der Waals surface area (Å²) in [5.41, 5.74) is 0.839. The number of nitrogens with one attached hydrogen (secondary N) is 2. The van der Waals surface area contributed by atoms with Gasteiger partial charge >= 0.3 is 0 Å². The average Bonchev–Trinajstić information content (AvgIpc) is 2.69. The molecule has 1 aromatic rings. The Bertz CT molecular complexity index is 485. The molecule has 0 spiro atoms. The molecule has 1 aromatic carbocycles. The van der Waals surface area contributed by atoms with Crippen molar-refractivity contribution in [3.05, 3.63) is 34.9 Å². The van der Waals surface area contributed by atoms with E-state index in [1.807, 2.05) is 6.07 Å². The lowest BCUT2D eigenvalue weighted by Gasteiger charge is -2.17. The molecule has 2 N–H and O–H groups in total. The minimum atomic E-state index is -2.80. The highest BCUT2D eigenvalue weighted by Gasteiger charge is 2.42. The Morgan fingerprint density at radius 2 is 2.25 bits per heavy atom. The smallest absolute Gasteiger partial charge is 0.262 e. The monoisotopic (exact) mass is 324 g/mol. The maximum Gasteiger partial charge on any atom is 0.262 e. The Morgan fingerprint density at radius 3 is 2.80 bits per heavy atom. The standard InChI is InChI=1S/C13H15ClF2N2O.ClH/c1-8(9-3-2-4-10(14)5-9)18-12(19)11-6-13(15,16)7-17-11;/h2-5,8,11,17H,6-7H2,1H3,(H,18,19);1H. The highest BCUT2D eigenvalue weighted by Crippen LogP contribution is 2.25. The summed E-state index contributed by atoms with van der Waals surface area (Å²) in [6.45, 7) is 1.34. The average molecular weight is 325 g/mol. The molecule has 0 radical (unpaired) electrons. The fourth-order valence-electron chi connectivity index (χ4n) is 2.07. The molecule has 1 fully saturated rings. The number of halogens is 4. The number of benzene rings is 1. The van der Waals surface area contributed by atoms with Crippen molar-refractivity contribution < 1.29 is 13.6 Å². The van der Waals surface area contributed by atoms with Gasteiger partial charge in [0.15, 0.2) is 0 Å². The van der Waals surface area contributed by atoms with Crippen LogP contribution in [0.3, 0.4) is 0 Å². The van der Waals surface area contributed by atoms with Gasteiger partial charge in [-0.3, -0.25) is 10.1 Å². The van der Waals surface area contributed by atoms with Gasteiger partial charge in [-0.25, -0.2) is 8.78 Å². The van der Waals surface area contributed by atoms with Gasteiger partial charge in [-0.15, -0.1) is 12.4 Å². The second kappa shape index (κ2) is 6.70. The number of carbonyl (C=O) groups excluding carboxylic acids is 1. The van der Waals surface area contributed by atoms with Crippen LogP contribution >= 0.6 is 24.0 Å². The van der Waals surface area contributed by atoms with Crippen molar-refractivity contribution in [2.45, 2.75) is 31.4 Å². The third kappa shape index (κ3) is 4.30. The van der Waals surface area contributed by atoms with Crippen molar-refractivity contribution >= 4 is 29.9 Å². The van der Waals surface area contributed by atoms with Crippen molar-refractivity contribution in [2.75, 3.05) is 6.54 Å². The zero-order valence-electron chi connectivity index (χ0n) is 10.8.